The van der Waals surface area contributed by atoms with Gasteiger partial charge in [-0.25, -0.2) is 4.39 Å². The maximum Gasteiger partial charge on any atom is 0.270 e. The molecule has 0 spiro atoms. The third-order valence-electron chi connectivity index (χ3n) is 2.77. The normalized spacial score (nSPS) is 10.2. The number of aromatic hydroxyl groups is 1. The lowest BCUT2D eigenvalue weighted by atomic mass is 10.0. The Morgan fingerprint density at radius 3 is 2.70 bits per heavy atom. The summed E-state index contributed by atoms with van der Waals surface area (Å²) < 4.78 is 13.1. The average molecular weight is 275 g/mol. The number of nitro groups is 1. The predicted octanol–water partition coefficient (Wildman–Crippen LogP) is 2.86. The minimum absolute atomic E-state index is 0.140. The van der Waals surface area contributed by atoms with Gasteiger partial charge in [-0.1, -0.05) is 12.1 Å². The first-order chi connectivity index (χ1) is 9.47. The Hall–Kier alpha value is -2.76. The predicted molar refractivity (Wildman–Crippen MR) is 69.2 cm³/mol. The van der Waals surface area contributed by atoms with Gasteiger partial charge in [0.25, 0.3) is 5.69 Å². The molecule has 0 atom stereocenters. The highest BCUT2D eigenvalue weighted by molar-refractivity contribution is 5.98. The average Bonchev–Trinajstić information content (AvgIpc) is 2.43. The lowest BCUT2D eigenvalue weighted by molar-refractivity contribution is -0.384. The second-order valence-corrected chi connectivity index (χ2v) is 4.18. The SMILES string of the molecule is O=C(Cc1cc(F)ccc1O)c1cccc([N+](=O)[O-])c1. The molecule has 0 amide bonds. The zero-order chi connectivity index (χ0) is 14.7. The number of halogens is 1. The summed E-state index contributed by atoms with van der Waals surface area (Å²) >= 11 is 0. The van der Waals surface area contributed by atoms with Crippen molar-refractivity contribution in [3.63, 3.8) is 0 Å². The van der Waals surface area contributed by atoms with E-state index < -0.39 is 16.5 Å². The first-order valence-corrected chi connectivity index (χ1v) is 5.72. The van der Waals surface area contributed by atoms with Gasteiger partial charge in [0, 0.05) is 29.7 Å². The Morgan fingerprint density at radius 1 is 1.25 bits per heavy atom. The fraction of sp³-hybridized carbons (Fsp3) is 0.0714. The van der Waals surface area contributed by atoms with Gasteiger partial charge < -0.3 is 5.11 Å². The molecule has 2 aromatic carbocycles. The van der Waals surface area contributed by atoms with Crippen LogP contribution in [0.25, 0.3) is 0 Å². The molecule has 0 aromatic heterocycles. The van der Waals surface area contributed by atoms with E-state index in [-0.39, 0.29) is 29.0 Å². The fourth-order valence-electron chi connectivity index (χ4n) is 1.76. The first-order valence-electron chi connectivity index (χ1n) is 5.72. The summed E-state index contributed by atoms with van der Waals surface area (Å²) in [5.74, 6) is -1.19. The second-order valence-electron chi connectivity index (χ2n) is 4.18. The monoisotopic (exact) mass is 275 g/mol. The molecule has 1 N–H and O–H groups in total. The summed E-state index contributed by atoms with van der Waals surface area (Å²) in [4.78, 5) is 22.0. The van der Waals surface area contributed by atoms with Crippen LogP contribution < -0.4 is 0 Å². The minimum atomic E-state index is -0.601. The highest BCUT2D eigenvalue weighted by atomic mass is 19.1. The quantitative estimate of drug-likeness (QED) is 0.528. The van der Waals surface area contributed by atoms with Gasteiger partial charge in [-0.15, -0.1) is 0 Å². The molecule has 0 heterocycles. The third-order valence-corrected chi connectivity index (χ3v) is 2.77. The summed E-state index contributed by atoms with van der Waals surface area (Å²) in [6.07, 6.45) is -0.231. The van der Waals surface area contributed by atoms with Crippen LogP contribution in [0.2, 0.25) is 0 Å². The molecule has 2 aromatic rings. The third kappa shape index (κ3) is 2.97. The summed E-state index contributed by atoms with van der Waals surface area (Å²) in [6, 6.07) is 8.56. The number of nitro benzene ring substituents is 1. The summed E-state index contributed by atoms with van der Waals surface area (Å²) in [7, 11) is 0. The maximum absolute atomic E-state index is 13.1. The molecule has 6 heteroatoms. The van der Waals surface area contributed by atoms with E-state index in [1.807, 2.05) is 0 Å². The lowest BCUT2D eigenvalue weighted by Crippen LogP contribution is -2.04. The highest BCUT2D eigenvalue weighted by Crippen LogP contribution is 2.21. The Balaban J connectivity index is 2.26. The number of Topliss-reactive ketones (excluding diaryl/α,β-unsaturated/α-hetero) is 1. The molecule has 0 aliphatic carbocycles. The van der Waals surface area contributed by atoms with Crippen molar-refractivity contribution in [2.24, 2.45) is 0 Å². The van der Waals surface area contributed by atoms with Crippen LogP contribution in [0.1, 0.15) is 15.9 Å². The second kappa shape index (κ2) is 5.48. The van der Waals surface area contributed by atoms with Crippen LogP contribution in [0.15, 0.2) is 42.5 Å². The van der Waals surface area contributed by atoms with Crippen molar-refractivity contribution in [3.05, 3.63) is 69.5 Å². The molecule has 0 bridgehead atoms. The number of benzene rings is 2. The van der Waals surface area contributed by atoms with Crippen molar-refractivity contribution in [1.29, 1.82) is 0 Å². The number of carbonyl (C=O) groups excluding carboxylic acids is 1. The molecule has 20 heavy (non-hydrogen) atoms. The van der Waals surface area contributed by atoms with Crippen LogP contribution >= 0.6 is 0 Å². The number of phenols is 1. The number of ketones is 1. The van der Waals surface area contributed by atoms with Gasteiger partial charge in [0.05, 0.1) is 4.92 Å². The molecule has 0 aliphatic rings. The molecule has 0 saturated heterocycles. The molecule has 2 rings (SSSR count). The van der Waals surface area contributed by atoms with Crippen molar-refractivity contribution < 1.29 is 19.2 Å². The van der Waals surface area contributed by atoms with Gasteiger partial charge in [0.2, 0.25) is 0 Å². The molecule has 0 radical (unpaired) electrons. The fourth-order valence-corrected chi connectivity index (χ4v) is 1.76. The topological polar surface area (TPSA) is 80.4 Å². The van der Waals surface area contributed by atoms with Gasteiger partial charge in [-0.2, -0.15) is 0 Å². The smallest absolute Gasteiger partial charge is 0.270 e. The summed E-state index contributed by atoms with van der Waals surface area (Å²) in [6.45, 7) is 0. The van der Waals surface area contributed by atoms with E-state index in [2.05, 4.69) is 0 Å². The highest BCUT2D eigenvalue weighted by Gasteiger charge is 2.14. The van der Waals surface area contributed by atoms with Gasteiger partial charge in [-0.3, -0.25) is 14.9 Å². The molecule has 0 saturated carbocycles. The van der Waals surface area contributed by atoms with Crippen LogP contribution in [0, 0.1) is 15.9 Å². The zero-order valence-electron chi connectivity index (χ0n) is 10.2. The number of phenolic OH excluding ortho intramolecular Hbond substituents is 1. The molecule has 0 unspecified atom stereocenters. The Morgan fingerprint density at radius 2 is 2.00 bits per heavy atom. The molecule has 5 nitrogen and oxygen atoms in total. The van der Waals surface area contributed by atoms with Crippen LogP contribution in [-0.2, 0) is 6.42 Å². The van der Waals surface area contributed by atoms with Crippen LogP contribution in [0.4, 0.5) is 10.1 Å². The van der Waals surface area contributed by atoms with Crippen molar-refractivity contribution in [1.82, 2.24) is 0 Å². The van der Waals surface area contributed by atoms with E-state index in [0.717, 1.165) is 24.3 Å². The van der Waals surface area contributed by atoms with E-state index in [9.17, 15) is 24.4 Å². The van der Waals surface area contributed by atoms with Gasteiger partial charge in [0.15, 0.2) is 5.78 Å². The summed E-state index contributed by atoms with van der Waals surface area (Å²) in [5, 5.41) is 20.2. The van der Waals surface area contributed by atoms with Gasteiger partial charge in [0.1, 0.15) is 11.6 Å². The van der Waals surface area contributed by atoms with E-state index >= 15 is 0 Å². The number of rotatable bonds is 4. The molecular weight excluding hydrogens is 265 g/mol. The number of nitrogens with zero attached hydrogens (tertiary/aromatic N) is 1. The molecule has 102 valence electrons. The van der Waals surface area contributed by atoms with Crippen molar-refractivity contribution >= 4 is 11.5 Å². The maximum atomic E-state index is 13.1. The van der Waals surface area contributed by atoms with E-state index in [1.54, 1.807) is 0 Å². The van der Waals surface area contributed by atoms with Crippen LogP contribution in [0.3, 0.4) is 0 Å². The Kier molecular flexibility index (Phi) is 3.74. The van der Waals surface area contributed by atoms with Gasteiger partial charge >= 0.3 is 0 Å². The number of hydrogen-bond acceptors (Lipinski definition) is 4. The van der Waals surface area contributed by atoms with Crippen LogP contribution in [-0.4, -0.2) is 15.8 Å². The lowest BCUT2D eigenvalue weighted by Gasteiger charge is -2.04. The molecule has 0 aliphatic heterocycles. The van der Waals surface area contributed by atoms with Crippen molar-refractivity contribution in [3.8, 4) is 5.75 Å². The van der Waals surface area contributed by atoms with E-state index in [0.29, 0.717) is 0 Å². The van der Waals surface area contributed by atoms with Crippen molar-refractivity contribution in [2.75, 3.05) is 0 Å². The van der Waals surface area contributed by atoms with E-state index in [1.165, 1.54) is 18.2 Å². The molecular formula is C14H10FNO4. The van der Waals surface area contributed by atoms with Gasteiger partial charge in [-0.05, 0) is 18.2 Å². The number of non-ortho nitro benzene ring substituents is 1. The number of carbonyl (C=O) groups is 1. The Bertz CT molecular complexity index is 685. The van der Waals surface area contributed by atoms with Crippen molar-refractivity contribution in [2.45, 2.75) is 6.42 Å². The van der Waals surface area contributed by atoms with E-state index in [4.69, 9.17) is 0 Å². The molecule has 0 fully saturated rings. The largest absolute Gasteiger partial charge is 0.508 e. The summed E-state index contributed by atoms with van der Waals surface area (Å²) in [5.41, 5.74) is 0.0867. The standard InChI is InChI=1S/C14H10FNO4/c15-11-4-5-13(17)10(6-11)8-14(18)9-2-1-3-12(7-9)16(19)20/h1-7,17H,8H2. The first kappa shape index (κ1) is 13.7. The van der Waals surface area contributed by atoms with Crippen LogP contribution in [0.5, 0.6) is 5.75 Å². The zero-order valence-corrected chi connectivity index (χ0v) is 10.2. The number of hydrogen-bond donors (Lipinski definition) is 1. The minimum Gasteiger partial charge on any atom is -0.508 e. The Labute approximate surface area is 113 Å².